The average Bonchev–Trinajstić information content (AvgIpc) is 2.47. The molecule has 4 nitrogen and oxygen atoms in total. The lowest BCUT2D eigenvalue weighted by Crippen LogP contribution is -2.11. The van der Waals surface area contributed by atoms with Crippen LogP contribution in [0.1, 0.15) is 29.9 Å². The van der Waals surface area contributed by atoms with Crippen LogP contribution in [0.15, 0.2) is 30.5 Å². The molecule has 0 spiro atoms. The Bertz CT molecular complexity index is 612. The standard InChI is InChI=1S/C15H15FN2O2/c1-3-13-12(15(19)20-4-2)9-17-14(18-13)10-5-7-11(16)8-6-10/h5-9H,3-4H2,1-2H3. The molecule has 0 amide bonds. The summed E-state index contributed by atoms with van der Waals surface area (Å²) in [6.45, 7) is 3.96. The van der Waals surface area contributed by atoms with Crippen LogP contribution < -0.4 is 0 Å². The van der Waals surface area contributed by atoms with Gasteiger partial charge >= 0.3 is 5.97 Å². The Morgan fingerprint density at radius 2 is 1.95 bits per heavy atom. The van der Waals surface area contributed by atoms with E-state index in [0.29, 0.717) is 35.7 Å². The van der Waals surface area contributed by atoms with Crippen molar-refractivity contribution in [2.24, 2.45) is 0 Å². The smallest absolute Gasteiger partial charge is 0.341 e. The number of benzene rings is 1. The highest BCUT2D eigenvalue weighted by Crippen LogP contribution is 2.18. The molecule has 20 heavy (non-hydrogen) atoms. The molecule has 0 unspecified atom stereocenters. The van der Waals surface area contributed by atoms with Crippen LogP contribution in [-0.2, 0) is 11.2 Å². The van der Waals surface area contributed by atoms with Gasteiger partial charge in [-0.1, -0.05) is 6.92 Å². The third-order valence-corrected chi connectivity index (χ3v) is 2.80. The average molecular weight is 274 g/mol. The van der Waals surface area contributed by atoms with Crippen molar-refractivity contribution in [3.63, 3.8) is 0 Å². The minimum atomic E-state index is -0.421. The van der Waals surface area contributed by atoms with Gasteiger partial charge < -0.3 is 4.74 Å². The van der Waals surface area contributed by atoms with E-state index in [0.717, 1.165) is 0 Å². The molecule has 104 valence electrons. The first kappa shape index (κ1) is 14.1. The molecule has 0 saturated heterocycles. The zero-order valence-electron chi connectivity index (χ0n) is 11.4. The van der Waals surface area contributed by atoms with Gasteiger partial charge in [-0.2, -0.15) is 0 Å². The summed E-state index contributed by atoms with van der Waals surface area (Å²) in [5, 5.41) is 0. The molecular weight excluding hydrogens is 259 g/mol. The molecule has 0 aliphatic heterocycles. The molecule has 0 fully saturated rings. The molecular formula is C15H15FN2O2. The van der Waals surface area contributed by atoms with Crippen LogP contribution in [0, 0.1) is 5.82 Å². The van der Waals surface area contributed by atoms with Crippen molar-refractivity contribution in [3.8, 4) is 11.4 Å². The van der Waals surface area contributed by atoms with Crippen LogP contribution in [0.4, 0.5) is 4.39 Å². The number of halogens is 1. The molecule has 1 aromatic heterocycles. The Labute approximate surface area is 116 Å². The number of hydrogen-bond acceptors (Lipinski definition) is 4. The number of rotatable bonds is 4. The maximum atomic E-state index is 12.9. The summed E-state index contributed by atoms with van der Waals surface area (Å²) in [6.07, 6.45) is 2.05. The molecule has 1 heterocycles. The van der Waals surface area contributed by atoms with Gasteiger partial charge in [0, 0.05) is 11.8 Å². The maximum Gasteiger partial charge on any atom is 0.341 e. The highest BCUT2D eigenvalue weighted by atomic mass is 19.1. The quantitative estimate of drug-likeness (QED) is 0.804. The van der Waals surface area contributed by atoms with Gasteiger partial charge in [0.2, 0.25) is 0 Å². The zero-order valence-corrected chi connectivity index (χ0v) is 11.4. The molecule has 0 radical (unpaired) electrons. The number of esters is 1. The van der Waals surface area contributed by atoms with Gasteiger partial charge in [-0.25, -0.2) is 19.2 Å². The number of carbonyl (C=O) groups excluding carboxylic acids is 1. The number of aryl methyl sites for hydroxylation is 1. The molecule has 5 heteroatoms. The molecule has 0 aliphatic rings. The predicted molar refractivity (Wildman–Crippen MR) is 72.8 cm³/mol. The van der Waals surface area contributed by atoms with E-state index in [1.54, 1.807) is 19.1 Å². The number of carbonyl (C=O) groups is 1. The highest BCUT2D eigenvalue weighted by Gasteiger charge is 2.15. The van der Waals surface area contributed by atoms with Gasteiger partial charge in [0.05, 0.1) is 17.9 Å². The van der Waals surface area contributed by atoms with Gasteiger partial charge in [0.1, 0.15) is 5.82 Å². The van der Waals surface area contributed by atoms with Crippen LogP contribution in [0.3, 0.4) is 0 Å². The van der Waals surface area contributed by atoms with Crippen molar-refractivity contribution in [2.75, 3.05) is 6.61 Å². The highest BCUT2D eigenvalue weighted by molar-refractivity contribution is 5.90. The molecule has 0 bridgehead atoms. The second-order valence-corrected chi connectivity index (χ2v) is 4.13. The Hall–Kier alpha value is -2.30. The summed E-state index contributed by atoms with van der Waals surface area (Å²) in [5.41, 5.74) is 1.70. The lowest BCUT2D eigenvalue weighted by Gasteiger charge is -2.08. The SMILES string of the molecule is CCOC(=O)c1cnc(-c2ccc(F)cc2)nc1CC. The topological polar surface area (TPSA) is 52.1 Å². The first-order valence-corrected chi connectivity index (χ1v) is 6.44. The zero-order chi connectivity index (χ0) is 14.5. The molecule has 0 N–H and O–H groups in total. The number of aromatic nitrogens is 2. The third kappa shape index (κ3) is 2.99. The third-order valence-electron chi connectivity index (χ3n) is 2.80. The van der Waals surface area contributed by atoms with Crippen LogP contribution in [0.25, 0.3) is 11.4 Å². The molecule has 1 aromatic carbocycles. The van der Waals surface area contributed by atoms with E-state index in [-0.39, 0.29) is 5.82 Å². The van der Waals surface area contributed by atoms with Crippen molar-refractivity contribution in [1.82, 2.24) is 9.97 Å². The Balaban J connectivity index is 2.38. The van der Waals surface area contributed by atoms with E-state index in [2.05, 4.69) is 9.97 Å². The van der Waals surface area contributed by atoms with E-state index in [1.807, 2.05) is 6.92 Å². The summed E-state index contributed by atoms with van der Waals surface area (Å²) in [7, 11) is 0. The van der Waals surface area contributed by atoms with E-state index in [4.69, 9.17) is 4.74 Å². The van der Waals surface area contributed by atoms with Crippen LogP contribution >= 0.6 is 0 Å². The Kier molecular flexibility index (Phi) is 4.40. The summed E-state index contributed by atoms with van der Waals surface area (Å²) < 4.78 is 17.9. The first-order valence-electron chi connectivity index (χ1n) is 6.44. The van der Waals surface area contributed by atoms with Crippen molar-refractivity contribution in [3.05, 3.63) is 47.5 Å². The van der Waals surface area contributed by atoms with Gasteiger partial charge in [0.25, 0.3) is 0 Å². The minimum Gasteiger partial charge on any atom is -0.462 e. The van der Waals surface area contributed by atoms with Crippen molar-refractivity contribution < 1.29 is 13.9 Å². The normalized spacial score (nSPS) is 10.3. The molecule has 2 rings (SSSR count). The van der Waals surface area contributed by atoms with Gasteiger partial charge in [0.15, 0.2) is 5.82 Å². The largest absolute Gasteiger partial charge is 0.462 e. The summed E-state index contributed by atoms with van der Waals surface area (Å²) in [6, 6.07) is 5.91. The first-order chi connectivity index (χ1) is 9.65. The van der Waals surface area contributed by atoms with Crippen LogP contribution in [-0.4, -0.2) is 22.5 Å². The van der Waals surface area contributed by atoms with Crippen molar-refractivity contribution >= 4 is 5.97 Å². The van der Waals surface area contributed by atoms with E-state index < -0.39 is 5.97 Å². The van der Waals surface area contributed by atoms with Crippen molar-refractivity contribution in [1.29, 1.82) is 0 Å². The predicted octanol–water partition coefficient (Wildman–Crippen LogP) is 3.02. The fourth-order valence-electron chi connectivity index (χ4n) is 1.80. The minimum absolute atomic E-state index is 0.307. The Morgan fingerprint density at radius 3 is 2.55 bits per heavy atom. The fraction of sp³-hybridized carbons (Fsp3) is 0.267. The molecule has 0 aliphatic carbocycles. The van der Waals surface area contributed by atoms with E-state index in [9.17, 15) is 9.18 Å². The number of ether oxygens (including phenoxy) is 1. The number of hydrogen-bond donors (Lipinski definition) is 0. The molecule has 0 saturated carbocycles. The van der Waals surface area contributed by atoms with E-state index >= 15 is 0 Å². The lowest BCUT2D eigenvalue weighted by atomic mass is 10.1. The van der Waals surface area contributed by atoms with Gasteiger partial charge in [-0.05, 0) is 37.6 Å². The van der Waals surface area contributed by atoms with Crippen LogP contribution in [0.2, 0.25) is 0 Å². The summed E-state index contributed by atoms with van der Waals surface area (Å²) in [5.74, 6) is -0.266. The lowest BCUT2D eigenvalue weighted by molar-refractivity contribution is 0.0524. The summed E-state index contributed by atoms with van der Waals surface area (Å²) >= 11 is 0. The molecule has 0 atom stereocenters. The van der Waals surface area contributed by atoms with Gasteiger partial charge in [-0.3, -0.25) is 0 Å². The monoisotopic (exact) mass is 274 g/mol. The number of nitrogens with zero attached hydrogens (tertiary/aromatic N) is 2. The maximum absolute atomic E-state index is 12.9. The second-order valence-electron chi connectivity index (χ2n) is 4.13. The Morgan fingerprint density at radius 1 is 1.25 bits per heavy atom. The molecule has 2 aromatic rings. The summed E-state index contributed by atoms with van der Waals surface area (Å²) in [4.78, 5) is 20.3. The van der Waals surface area contributed by atoms with Crippen LogP contribution in [0.5, 0.6) is 0 Å². The fourth-order valence-corrected chi connectivity index (χ4v) is 1.80. The second kappa shape index (κ2) is 6.23. The van der Waals surface area contributed by atoms with Gasteiger partial charge in [-0.15, -0.1) is 0 Å². The van der Waals surface area contributed by atoms with Crippen molar-refractivity contribution in [2.45, 2.75) is 20.3 Å². The van der Waals surface area contributed by atoms with E-state index in [1.165, 1.54) is 18.3 Å².